The number of anilines is 2. The summed E-state index contributed by atoms with van der Waals surface area (Å²) in [5.41, 5.74) is 0.465. The van der Waals surface area contributed by atoms with Crippen LogP contribution < -0.4 is 15.4 Å². The molecule has 108 valence electrons. The first-order chi connectivity index (χ1) is 10.1. The second-order valence-corrected chi connectivity index (χ2v) is 3.92. The molecule has 1 aromatic carbocycles. The summed E-state index contributed by atoms with van der Waals surface area (Å²) < 4.78 is 4.95. The van der Waals surface area contributed by atoms with Crippen LogP contribution in [0.25, 0.3) is 0 Å². The molecule has 0 aliphatic rings. The fraction of sp³-hybridized carbons (Fsp3) is 0.0769. The van der Waals surface area contributed by atoms with Crippen molar-refractivity contribution in [1.29, 1.82) is 0 Å². The molecular formula is C13H12N4O4. The quantitative estimate of drug-likeness (QED) is 0.791. The predicted molar refractivity (Wildman–Crippen MR) is 74.6 cm³/mol. The monoisotopic (exact) mass is 288 g/mol. The van der Waals surface area contributed by atoms with Crippen molar-refractivity contribution >= 4 is 23.4 Å². The molecular weight excluding hydrogens is 276 g/mol. The van der Waals surface area contributed by atoms with E-state index in [9.17, 15) is 9.59 Å². The number of aromatic carboxylic acids is 1. The maximum absolute atomic E-state index is 11.8. The number of nitrogens with zero attached hydrogens (tertiary/aromatic N) is 2. The van der Waals surface area contributed by atoms with Gasteiger partial charge >= 0.3 is 12.0 Å². The first-order valence-electron chi connectivity index (χ1n) is 5.84. The van der Waals surface area contributed by atoms with Crippen molar-refractivity contribution in [2.45, 2.75) is 0 Å². The number of carboxylic acids is 1. The Hall–Kier alpha value is -3.16. The van der Waals surface area contributed by atoms with Gasteiger partial charge in [-0.2, -0.15) is 0 Å². The second-order valence-electron chi connectivity index (χ2n) is 3.92. The number of ether oxygens (including phenoxy) is 1. The molecule has 0 saturated heterocycles. The number of benzene rings is 1. The Morgan fingerprint density at radius 2 is 1.90 bits per heavy atom. The summed E-state index contributed by atoms with van der Waals surface area (Å²) >= 11 is 0. The van der Waals surface area contributed by atoms with Crippen LogP contribution in [0.2, 0.25) is 0 Å². The van der Waals surface area contributed by atoms with E-state index < -0.39 is 12.0 Å². The van der Waals surface area contributed by atoms with Crippen LogP contribution in [0.3, 0.4) is 0 Å². The SMILES string of the molecule is COc1ccc(NC(=O)Nc2cncnc2)c(C(=O)O)c1. The summed E-state index contributed by atoms with van der Waals surface area (Å²) in [5, 5.41) is 14.1. The minimum atomic E-state index is -1.17. The highest BCUT2D eigenvalue weighted by atomic mass is 16.5. The number of urea groups is 1. The van der Waals surface area contributed by atoms with Crippen molar-refractivity contribution in [3.05, 3.63) is 42.5 Å². The number of carboxylic acid groups (broad SMARTS) is 1. The Kier molecular flexibility index (Phi) is 4.30. The predicted octanol–water partition coefficient (Wildman–Crippen LogP) is 1.83. The van der Waals surface area contributed by atoms with Gasteiger partial charge in [0.25, 0.3) is 0 Å². The van der Waals surface area contributed by atoms with Gasteiger partial charge in [-0.25, -0.2) is 19.6 Å². The van der Waals surface area contributed by atoms with E-state index in [0.717, 1.165) is 0 Å². The standard InChI is InChI=1S/C13H12N4O4/c1-21-9-2-3-11(10(4-9)12(18)19)17-13(20)16-8-5-14-7-15-6-8/h2-7H,1H3,(H,18,19)(H2,16,17,20). The molecule has 3 N–H and O–H groups in total. The van der Waals surface area contributed by atoms with Crippen molar-refractivity contribution in [2.75, 3.05) is 17.7 Å². The molecule has 0 unspecified atom stereocenters. The smallest absolute Gasteiger partial charge is 0.337 e. The van der Waals surface area contributed by atoms with Gasteiger partial charge in [0.15, 0.2) is 0 Å². The average molecular weight is 288 g/mol. The third-order valence-electron chi connectivity index (χ3n) is 2.52. The van der Waals surface area contributed by atoms with Gasteiger partial charge in [-0.3, -0.25) is 0 Å². The number of rotatable bonds is 4. The first-order valence-corrected chi connectivity index (χ1v) is 5.84. The first kappa shape index (κ1) is 14.3. The van der Waals surface area contributed by atoms with Crippen molar-refractivity contribution in [3.63, 3.8) is 0 Å². The molecule has 2 amide bonds. The third-order valence-corrected chi connectivity index (χ3v) is 2.52. The number of amides is 2. The number of carbonyl (C=O) groups is 2. The average Bonchev–Trinajstić information content (AvgIpc) is 2.48. The van der Waals surface area contributed by atoms with Gasteiger partial charge in [-0.05, 0) is 18.2 Å². The number of hydrogen-bond acceptors (Lipinski definition) is 5. The summed E-state index contributed by atoms with van der Waals surface area (Å²) in [4.78, 5) is 30.5. The zero-order valence-electron chi connectivity index (χ0n) is 11.0. The number of methoxy groups -OCH3 is 1. The summed E-state index contributed by atoms with van der Waals surface area (Å²) in [6, 6.07) is 3.72. The maximum Gasteiger partial charge on any atom is 0.337 e. The number of nitrogens with one attached hydrogen (secondary N) is 2. The molecule has 0 atom stereocenters. The van der Waals surface area contributed by atoms with Crippen LogP contribution in [0.4, 0.5) is 16.2 Å². The highest BCUT2D eigenvalue weighted by molar-refractivity contribution is 6.04. The zero-order valence-corrected chi connectivity index (χ0v) is 11.0. The van der Waals surface area contributed by atoms with Crippen molar-refractivity contribution < 1.29 is 19.4 Å². The molecule has 0 bridgehead atoms. The van der Waals surface area contributed by atoms with Crippen LogP contribution in [-0.4, -0.2) is 34.2 Å². The van der Waals surface area contributed by atoms with Crippen LogP contribution >= 0.6 is 0 Å². The highest BCUT2D eigenvalue weighted by Gasteiger charge is 2.14. The van der Waals surface area contributed by atoms with Crippen LogP contribution in [-0.2, 0) is 0 Å². The molecule has 21 heavy (non-hydrogen) atoms. The lowest BCUT2D eigenvalue weighted by Crippen LogP contribution is -2.21. The second kappa shape index (κ2) is 6.33. The minimum Gasteiger partial charge on any atom is -0.497 e. The number of aromatic nitrogens is 2. The van der Waals surface area contributed by atoms with E-state index in [4.69, 9.17) is 9.84 Å². The molecule has 2 aromatic rings. The van der Waals surface area contributed by atoms with Crippen LogP contribution in [0, 0.1) is 0 Å². The number of carbonyl (C=O) groups excluding carboxylic acids is 1. The van der Waals surface area contributed by atoms with E-state index in [-0.39, 0.29) is 11.3 Å². The van der Waals surface area contributed by atoms with E-state index in [1.165, 1.54) is 38.0 Å². The molecule has 0 aliphatic carbocycles. The molecule has 8 nitrogen and oxygen atoms in total. The normalized spacial score (nSPS) is 9.76. The van der Waals surface area contributed by atoms with Gasteiger partial charge in [0.2, 0.25) is 0 Å². The lowest BCUT2D eigenvalue weighted by molar-refractivity contribution is 0.0697. The largest absolute Gasteiger partial charge is 0.497 e. The van der Waals surface area contributed by atoms with Gasteiger partial charge in [0.05, 0.1) is 36.4 Å². The summed E-state index contributed by atoms with van der Waals surface area (Å²) in [6.07, 6.45) is 4.16. The van der Waals surface area contributed by atoms with E-state index in [2.05, 4.69) is 20.6 Å². The van der Waals surface area contributed by atoms with Crippen LogP contribution in [0.15, 0.2) is 36.9 Å². The topological polar surface area (TPSA) is 113 Å². The Morgan fingerprint density at radius 3 is 2.52 bits per heavy atom. The van der Waals surface area contributed by atoms with E-state index in [0.29, 0.717) is 11.4 Å². The third kappa shape index (κ3) is 3.66. The lowest BCUT2D eigenvalue weighted by atomic mass is 10.1. The Bertz CT molecular complexity index is 660. The molecule has 8 heteroatoms. The van der Waals surface area contributed by atoms with Crippen molar-refractivity contribution in [2.24, 2.45) is 0 Å². The maximum atomic E-state index is 11.8. The van der Waals surface area contributed by atoms with Gasteiger partial charge < -0.3 is 20.5 Å². The Balaban J connectivity index is 2.15. The minimum absolute atomic E-state index is 0.0752. The van der Waals surface area contributed by atoms with Crippen molar-refractivity contribution in [1.82, 2.24) is 9.97 Å². The van der Waals surface area contributed by atoms with Gasteiger partial charge in [-0.1, -0.05) is 0 Å². The molecule has 0 saturated carbocycles. The van der Waals surface area contributed by atoms with E-state index in [1.807, 2.05) is 0 Å². The molecule has 1 aromatic heterocycles. The van der Waals surface area contributed by atoms with Crippen LogP contribution in [0.1, 0.15) is 10.4 Å². The molecule has 0 aliphatic heterocycles. The van der Waals surface area contributed by atoms with Gasteiger partial charge in [0, 0.05) is 0 Å². The van der Waals surface area contributed by atoms with E-state index >= 15 is 0 Å². The van der Waals surface area contributed by atoms with E-state index in [1.54, 1.807) is 6.07 Å². The zero-order chi connectivity index (χ0) is 15.2. The van der Waals surface area contributed by atoms with Gasteiger partial charge in [-0.15, -0.1) is 0 Å². The fourth-order valence-corrected chi connectivity index (χ4v) is 1.58. The molecule has 1 heterocycles. The molecule has 2 rings (SSSR count). The molecule has 0 radical (unpaired) electrons. The fourth-order valence-electron chi connectivity index (χ4n) is 1.58. The number of hydrogen-bond donors (Lipinski definition) is 3. The van der Waals surface area contributed by atoms with Crippen molar-refractivity contribution in [3.8, 4) is 5.75 Å². The molecule has 0 spiro atoms. The Morgan fingerprint density at radius 1 is 1.19 bits per heavy atom. The van der Waals surface area contributed by atoms with Gasteiger partial charge in [0.1, 0.15) is 12.1 Å². The lowest BCUT2D eigenvalue weighted by Gasteiger charge is -2.10. The summed E-state index contributed by atoms with van der Waals surface area (Å²) in [7, 11) is 1.43. The summed E-state index contributed by atoms with van der Waals surface area (Å²) in [6.45, 7) is 0. The molecule has 0 fully saturated rings. The highest BCUT2D eigenvalue weighted by Crippen LogP contribution is 2.22. The summed E-state index contributed by atoms with van der Waals surface area (Å²) in [5.74, 6) is -0.790. The van der Waals surface area contributed by atoms with Crippen LogP contribution in [0.5, 0.6) is 5.75 Å². The Labute approximate surface area is 119 Å².